The standard InChI is InChI=1S/C27H30ClF4NO5/c1-14(2)23(25(35)38-26(3,4)5)33-24(34)21-12-20(15-6-7-15)16(8-22(21)29)13-36-18-9-17(28)10-19(11-18)37-27(30,31)32/h8-12,14-15,23H,6-7,13H2,1-5H3,(H,33,34)/t23-/m0/s1. The third kappa shape index (κ3) is 8.51. The number of hydrogen-bond donors (Lipinski definition) is 1. The number of carbonyl (C=O) groups excluding carboxylic acids is 2. The van der Waals surface area contributed by atoms with Gasteiger partial charge in [-0.2, -0.15) is 0 Å². The highest BCUT2D eigenvalue weighted by Gasteiger charge is 2.33. The van der Waals surface area contributed by atoms with E-state index in [1.165, 1.54) is 12.1 Å². The molecule has 1 atom stereocenters. The van der Waals surface area contributed by atoms with Gasteiger partial charge in [-0.15, -0.1) is 13.2 Å². The molecule has 0 aromatic heterocycles. The third-order valence-corrected chi connectivity index (χ3v) is 5.80. The van der Waals surface area contributed by atoms with E-state index < -0.39 is 41.4 Å². The third-order valence-electron chi connectivity index (χ3n) is 5.58. The van der Waals surface area contributed by atoms with E-state index in [1.807, 2.05) is 0 Å². The van der Waals surface area contributed by atoms with Crippen LogP contribution in [0.1, 0.15) is 74.9 Å². The van der Waals surface area contributed by atoms with E-state index in [4.69, 9.17) is 21.1 Å². The second-order valence-corrected chi connectivity index (χ2v) is 10.9. The van der Waals surface area contributed by atoms with Gasteiger partial charge in [-0.1, -0.05) is 25.4 Å². The largest absolute Gasteiger partial charge is 0.573 e. The van der Waals surface area contributed by atoms with Gasteiger partial charge in [0.25, 0.3) is 5.91 Å². The first-order valence-corrected chi connectivity index (χ1v) is 12.5. The van der Waals surface area contributed by atoms with Crippen LogP contribution in [0.15, 0.2) is 30.3 Å². The van der Waals surface area contributed by atoms with E-state index in [2.05, 4.69) is 10.1 Å². The molecule has 0 bridgehead atoms. The van der Waals surface area contributed by atoms with Crippen molar-refractivity contribution in [3.05, 3.63) is 57.9 Å². The van der Waals surface area contributed by atoms with Crippen molar-refractivity contribution in [2.24, 2.45) is 5.92 Å². The van der Waals surface area contributed by atoms with E-state index in [9.17, 15) is 22.8 Å². The molecule has 2 aromatic rings. The van der Waals surface area contributed by atoms with Crippen molar-refractivity contribution in [2.75, 3.05) is 0 Å². The molecule has 0 aliphatic heterocycles. The van der Waals surface area contributed by atoms with Crippen LogP contribution < -0.4 is 14.8 Å². The summed E-state index contributed by atoms with van der Waals surface area (Å²) >= 11 is 5.89. The Bertz CT molecular complexity index is 1190. The molecule has 11 heteroatoms. The van der Waals surface area contributed by atoms with E-state index >= 15 is 4.39 Å². The fraction of sp³-hybridized carbons (Fsp3) is 0.481. The molecule has 2 aromatic carbocycles. The monoisotopic (exact) mass is 559 g/mol. The van der Waals surface area contributed by atoms with Gasteiger partial charge in [0, 0.05) is 11.1 Å². The van der Waals surface area contributed by atoms with Crippen LogP contribution in [-0.2, 0) is 16.1 Å². The Labute approximate surface area is 223 Å². The van der Waals surface area contributed by atoms with Gasteiger partial charge in [-0.05, 0) is 80.8 Å². The van der Waals surface area contributed by atoms with Crippen LogP contribution in [-0.4, -0.2) is 29.9 Å². The molecule has 0 spiro atoms. The number of rotatable bonds is 9. The lowest BCUT2D eigenvalue weighted by Crippen LogP contribution is -2.47. The summed E-state index contributed by atoms with van der Waals surface area (Å²) in [5.41, 5.74) is 0.133. The predicted molar refractivity (Wildman–Crippen MR) is 133 cm³/mol. The van der Waals surface area contributed by atoms with E-state index in [0.29, 0.717) is 11.1 Å². The summed E-state index contributed by atoms with van der Waals surface area (Å²) < 4.78 is 67.8. The van der Waals surface area contributed by atoms with Gasteiger partial charge < -0.3 is 19.5 Å². The second-order valence-electron chi connectivity index (χ2n) is 10.5. The molecule has 38 heavy (non-hydrogen) atoms. The van der Waals surface area contributed by atoms with Crippen molar-refractivity contribution in [2.45, 2.75) is 78.0 Å². The molecule has 0 heterocycles. The van der Waals surface area contributed by atoms with Gasteiger partial charge in [-0.3, -0.25) is 4.79 Å². The zero-order chi connectivity index (χ0) is 28.4. The number of alkyl halides is 3. The topological polar surface area (TPSA) is 73.9 Å². The zero-order valence-corrected chi connectivity index (χ0v) is 22.4. The Morgan fingerprint density at radius 3 is 2.24 bits per heavy atom. The summed E-state index contributed by atoms with van der Waals surface area (Å²) in [4.78, 5) is 25.6. The number of halogens is 5. The minimum absolute atomic E-state index is 0.00198. The number of carbonyl (C=O) groups is 2. The van der Waals surface area contributed by atoms with Gasteiger partial charge in [0.15, 0.2) is 0 Å². The lowest BCUT2D eigenvalue weighted by Gasteiger charge is -2.26. The number of amides is 1. The first-order chi connectivity index (χ1) is 17.5. The number of esters is 1. The maximum Gasteiger partial charge on any atom is 0.573 e. The highest BCUT2D eigenvalue weighted by molar-refractivity contribution is 6.30. The van der Waals surface area contributed by atoms with Crippen LogP contribution in [0.2, 0.25) is 5.02 Å². The molecule has 0 unspecified atom stereocenters. The van der Waals surface area contributed by atoms with Crippen LogP contribution in [0.5, 0.6) is 11.5 Å². The van der Waals surface area contributed by atoms with Crippen LogP contribution in [0.25, 0.3) is 0 Å². The Hall–Kier alpha value is -3.01. The fourth-order valence-corrected chi connectivity index (χ4v) is 3.98. The summed E-state index contributed by atoms with van der Waals surface area (Å²) in [5, 5.41) is 2.55. The molecule has 208 valence electrons. The molecule has 3 rings (SSSR count). The lowest BCUT2D eigenvalue weighted by atomic mass is 9.98. The quantitative estimate of drug-likeness (QED) is 0.266. The van der Waals surface area contributed by atoms with Gasteiger partial charge in [-0.25, -0.2) is 9.18 Å². The first-order valence-electron chi connectivity index (χ1n) is 12.1. The van der Waals surface area contributed by atoms with Gasteiger partial charge in [0.2, 0.25) is 0 Å². The molecule has 6 nitrogen and oxygen atoms in total. The van der Waals surface area contributed by atoms with Crippen molar-refractivity contribution >= 4 is 23.5 Å². The molecule has 0 radical (unpaired) electrons. The van der Waals surface area contributed by atoms with E-state index in [0.717, 1.165) is 31.0 Å². The van der Waals surface area contributed by atoms with Crippen LogP contribution in [0.4, 0.5) is 17.6 Å². The summed E-state index contributed by atoms with van der Waals surface area (Å²) in [5.74, 6) is -2.99. The molecule has 1 fully saturated rings. The normalized spacial score (nSPS) is 14.7. The molecular weight excluding hydrogens is 530 g/mol. The highest BCUT2D eigenvalue weighted by Crippen LogP contribution is 2.43. The van der Waals surface area contributed by atoms with E-state index in [1.54, 1.807) is 34.6 Å². The van der Waals surface area contributed by atoms with Gasteiger partial charge in [0.05, 0.1) is 5.56 Å². The SMILES string of the molecule is CC(C)[C@H](NC(=O)c1cc(C2CC2)c(COc2cc(Cl)cc(OC(F)(F)F)c2)cc1F)C(=O)OC(C)(C)C. The number of ether oxygens (including phenoxy) is 3. The average molecular weight is 560 g/mol. The Morgan fingerprint density at radius 2 is 1.68 bits per heavy atom. The maximum absolute atomic E-state index is 15.1. The molecule has 0 saturated heterocycles. The molecule has 1 aliphatic rings. The molecule has 1 saturated carbocycles. The van der Waals surface area contributed by atoms with Crippen molar-refractivity contribution in [1.82, 2.24) is 5.32 Å². The number of hydrogen-bond acceptors (Lipinski definition) is 5. The average Bonchev–Trinajstić information content (AvgIpc) is 3.58. The van der Waals surface area contributed by atoms with Gasteiger partial charge in [0.1, 0.15) is 35.6 Å². The predicted octanol–water partition coefficient (Wildman–Crippen LogP) is 6.93. The minimum Gasteiger partial charge on any atom is -0.489 e. The smallest absolute Gasteiger partial charge is 0.489 e. The number of benzene rings is 2. The van der Waals surface area contributed by atoms with Crippen molar-refractivity contribution in [1.29, 1.82) is 0 Å². The van der Waals surface area contributed by atoms with Crippen molar-refractivity contribution < 1.29 is 41.4 Å². The summed E-state index contributed by atoms with van der Waals surface area (Å²) in [6, 6.07) is 4.94. The van der Waals surface area contributed by atoms with Crippen molar-refractivity contribution in [3.63, 3.8) is 0 Å². The second kappa shape index (κ2) is 11.4. The van der Waals surface area contributed by atoms with Crippen LogP contribution >= 0.6 is 11.6 Å². The maximum atomic E-state index is 15.1. The fourth-order valence-electron chi connectivity index (χ4n) is 3.76. The minimum atomic E-state index is -4.90. The van der Waals surface area contributed by atoms with Crippen LogP contribution in [0, 0.1) is 11.7 Å². The van der Waals surface area contributed by atoms with Crippen molar-refractivity contribution in [3.8, 4) is 11.5 Å². The molecule has 1 amide bonds. The Balaban J connectivity index is 1.81. The number of nitrogens with one attached hydrogen (secondary N) is 1. The van der Waals surface area contributed by atoms with Crippen LogP contribution in [0.3, 0.4) is 0 Å². The first kappa shape index (κ1) is 29.5. The van der Waals surface area contributed by atoms with E-state index in [-0.39, 0.29) is 34.8 Å². The summed E-state index contributed by atoms with van der Waals surface area (Å²) in [6.07, 6.45) is -3.25. The lowest BCUT2D eigenvalue weighted by molar-refractivity contribution is -0.274. The Morgan fingerprint density at radius 1 is 1.05 bits per heavy atom. The highest BCUT2D eigenvalue weighted by atomic mass is 35.5. The molecular formula is C27H30ClF4NO5. The zero-order valence-electron chi connectivity index (χ0n) is 21.7. The van der Waals surface area contributed by atoms with Gasteiger partial charge >= 0.3 is 12.3 Å². The summed E-state index contributed by atoms with van der Waals surface area (Å²) in [6.45, 7) is 8.42. The molecule has 1 N–H and O–H groups in total. The molecule has 1 aliphatic carbocycles. The Kier molecular flexibility index (Phi) is 8.86. The summed E-state index contributed by atoms with van der Waals surface area (Å²) in [7, 11) is 0.